The Labute approximate surface area is 205 Å². The fraction of sp³-hybridized carbons (Fsp3) is 0.267. The minimum atomic E-state index is -0.212. The lowest BCUT2D eigenvalue weighted by molar-refractivity contribution is -0.143. The molecule has 5 heteroatoms. The van der Waals surface area contributed by atoms with Gasteiger partial charge in [0.15, 0.2) is 5.78 Å². The molecule has 0 saturated carbocycles. The fourth-order valence-corrected chi connectivity index (χ4v) is 4.52. The SMILES string of the molecule is CCOC(=O)CCCCC(=O)c1ccc2c(-c3c(OC)ccc4ccccc34)c(OC)ccc2c1. The number of hydrogen-bond acceptors (Lipinski definition) is 5. The van der Waals surface area contributed by atoms with Crippen LogP contribution in [0.25, 0.3) is 32.7 Å². The van der Waals surface area contributed by atoms with Crippen LogP contribution in [0.15, 0.2) is 66.7 Å². The maximum Gasteiger partial charge on any atom is 0.305 e. The Balaban J connectivity index is 1.70. The van der Waals surface area contributed by atoms with E-state index in [0.29, 0.717) is 37.9 Å². The molecule has 35 heavy (non-hydrogen) atoms. The Hall–Kier alpha value is -3.86. The van der Waals surface area contributed by atoms with E-state index in [1.807, 2.05) is 54.6 Å². The van der Waals surface area contributed by atoms with Crippen LogP contribution in [0.1, 0.15) is 43.0 Å². The molecule has 0 N–H and O–H groups in total. The quantitative estimate of drug-likeness (QED) is 0.142. The lowest BCUT2D eigenvalue weighted by Gasteiger charge is -2.18. The standard InChI is InChI=1S/C30H30O5/c1-4-35-28(32)12-8-7-11-25(31)22-13-16-24-21(19-22)15-18-27(34-3)30(24)29-23-10-6-5-9-20(23)14-17-26(29)33-2/h5-6,9-10,13-19H,4,7-8,11-12H2,1-3H3. The second-order valence-electron chi connectivity index (χ2n) is 8.38. The van der Waals surface area contributed by atoms with Crippen LogP contribution in [0, 0.1) is 0 Å². The predicted molar refractivity (Wildman–Crippen MR) is 139 cm³/mol. The summed E-state index contributed by atoms with van der Waals surface area (Å²) >= 11 is 0. The Kier molecular flexibility index (Phi) is 7.66. The molecule has 0 amide bonds. The van der Waals surface area contributed by atoms with Crippen molar-refractivity contribution in [3.8, 4) is 22.6 Å². The number of ether oxygens (including phenoxy) is 3. The molecule has 0 heterocycles. The molecule has 4 rings (SSSR count). The first-order valence-corrected chi connectivity index (χ1v) is 11.9. The number of rotatable bonds is 10. The summed E-state index contributed by atoms with van der Waals surface area (Å²) in [5.74, 6) is 1.35. The molecule has 0 fully saturated rings. The third-order valence-electron chi connectivity index (χ3n) is 6.22. The number of fused-ring (bicyclic) bond motifs is 2. The monoisotopic (exact) mass is 470 g/mol. The molecule has 4 aromatic rings. The maximum absolute atomic E-state index is 12.9. The van der Waals surface area contributed by atoms with Crippen LogP contribution < -0.4 is 9.47 Å². The summed E-state index contributed by atoms with van der Waals surface area (Å²) in [4.78, 5) is 24.4. The van der Waals surface area contributed by atoms with Crippen molar-refractivity contribution >= 4 is 33.3 Å². The molecule has 0 aromatic heterocycles. The third-order valence-corrected chi connectivity index (χ3v) is 6.22. The van der Waals surface area contributed by atoms with Crippen LogP contribution in [0.5, 0.6) is 11.5 Å². The first-order valence-electron chi connectivity index (χ1n) is 11.9. The molecule has 180 valence electrons. The smallest absolute Gasteiger partial charge is 0.305 e. The molecule has 0 spiro atoms. The summed E-state index contributed by atoms with van der Waals surface area (Å²) in [5.41, 5.74) is 2.56. The lowest BCUT2D eigenvalue weighted by Crippen LogP contribution is -2.04. The number of unbranched alkanes of at least 4 members (excludes halogenated alkanes) is 1. The molecule has 0 saturated heterocycles. The molecule has 0 unspecified atom stereocenters. The molecule has 0 aliphatic carbocycles. The molecule has 0 aliphatic heterocycles. The van der Waals surface area contributed by atoms with E-state index in [9.17, 15) is 9.59 Å². The van der Waals surface area contributed by atoms with Gasteiger partial charge in [0.2, 0.25) is 0 Å². The van der Waals surface area contributed by atoms with E-state index >= 15 is 0 Å². The van der Waals surface area contributed by atoms with Gasteiger partial charge in [0, 0.05) is 29.5 Å². The fourth-order valence-electron chi connectivity index (χ4n) is 4.52. The number of carbonyl (C=O) groups is 2. The van der Waals surface area contributed by atoms with Crippen LogP contribution in [0.2, 0.25) is 0 Å². The van der Waals surface area contributed by atoms with Crippen molar-refractivity contribution in [2.24, 2.45) is 0 Å². The van der Waals surface area contributed by atoms with Gasteiger partial charge in [-0.3, -0.25) is 9.59 Å². The minimum absolute atomic E-state index is 0.0656. The van der Waals surface area contributed by atoms with E-state index in [-0.39, 0.29) is 11.8 Å². The predicted octanol–water partition coefficient (Wildman–Crippen LogP) is 6.98. The number of ketones is 1. The zero-order valence-electron chi connectivity index (χ0n) is 20.4. The summed E-state index contributed by atoms with van der Waals surface area (Å²) < 4.78 is 16.5. The second kappa shape index (κ2) is 11.0. The summed E-state index contributed by atoms with van der Waals surface area (Å²) in [7, 11) is 3.33. The highest BCUT2D eigenvalue weighted by molar-refractivity contribution is 6.11. The normalized spacial score (nSPS) is 10.9. The molecule has 0 radical (unpaired) electrons. The summed E-state index contributed by atoms with van der Waals surface area (Å²) in [5, 5.41) is 4.11. The largest absolute Gasteiger partial charge is 0.496 e. The molecule has 5 nitrogen and oxygen atoms in total. The number of carbonyl (C=O) groups excluding carboxylic acids is 2. The van der Waals surface area contributed by atoms with E-state index in [0.717, 1.165) is 44.2 Å². The highest BCUT2D eigenvalue weighted by Gasteiger charge is 2.19. The Morgan fingerprint density at radius 1 is 0.714 bits per heavy atom. The summed E-state index contributed by atoms with van der Waals surface area (Å²) in [6, 6.07) is 21.9. The zero-order valence-corrected chi connectivity index (χ0v) is 20.4. The van der Waals surface area contributed by atoms with Crippen molar-refractivity contribution in [3.63, 3.8) is 0 Å². The molecule has 0 aliphatic rings. The van der Waals surface area contributed by atoms with Crippen LogP contribution in [0.3, 0.4) is 0 Å². The minimum Gasteiger partial charge on any atom is -0.496 e. The van der Waals surface area contributed by atoms with Gasteiger partial charge in [0.25, 0.3) is 0 Å². The van der Waals surface area contributed by atoms with Crippen molar-refractivity contribution in [2.75, 3.05) is 20.8 Å². The maximum atomic E-state index is 12.9. The van der Waals surface area contributed by atoms with Crippen molar-refractivity contribution in [1.82, 2.24) is 0 Å². The van der Waals surface area contributed by atoms with E-state index < -0.39 is 0 Å². The first-order chi connectivity index (χ1) is 17.1. The van der Waals surface area contributed by atoms with Gasteiger partial charge >= 0.3 is 5.97 Å². The molecule has 0 bridgehead atoms. The topological polar surface area (TPSA) is 61.8 Å². The number of methoxy groups -OCH3 is 2. The second-order valence-corrected chi connectivity index (χ2v) is 8.38. The van der Waals surface area contributed by atoms with Gasteiger partial charge in [0.05, 0.1) is 20.8 Å². The lowest BCUT2D eigenvalue weighted by atomic mass is 9.91. The van der Waals surface area contributed by atoms with Gasteiger partial charge in [0.1, 0.15) is 11.5 Å². The van der Waals surface area contributed by atoms with Crippen LogP contribution in [0.4, 0.5) is 0 Å². The van der Waals surface area contributed by atoms with Gasteiger partial charge in [-0.25, -0.2) is 0 Å². The number of hydrogen-bond donors (Lipinski definition) is 0. The summed E-state index contributed by atoms with van der Waals surface area (Å²) in [6.45, 7) is 2.17. The van der Waals surface area contributed by atoms with E-state index in [1.165, 1.54) is 0 Å². The van der Waals surface area contributed by atoms with Crippen molar-refractivity contribution in [3.05, 3.63) is 72.3 Å². The van der Waals surface area contributed by atoms with Gasteiger partial charge in [-0.1, -0.05) is 48.5 Å². The third kappa shape index (κ3) is 5.14. The molecule has 0 atom stereocenters. The first kappa shape index (κ1) is 24.3. The van der Waals surface area contributed by atoms with E-state index in [4.69, 9.17) is 14.2 Å². The Bertz CT molecular complexity index is 1370. The number of esters is 1. The average Bonchev–Trinajstić information content (AvgIpc) is 2.89. The Morgan fingerprint density at radius 2 is 1.34 bits per heavy atom. The van der Waals surface area contributed by atoms with E-state index in [2.05, 4.69) is 12.1 Å². The van der Waals surface area contributed by atoms with Crippen LogP contribution in [-0.2, 0) is 9.53 Å². The van der Waals surface area contributed by atoms with Gasteiger partial charge < -0.3 is 14.2 Å². The van der Waals surface area contributed by atoms with Gasteiger partial charge in [-0.2, -0.15) is 0 Å². The number of benzene rings is 4. The van der Waals surface area contributed by atoms with Crippen LogP contribution in [-0.4, -0.2) is 32.6 Å². The van der Waals surface area contributed by atoms with Crippen molar-refractivity contribution < 1.29 is 23.8 Å². The van der Waals surface area contributed by atoms with Crippen molar-refractivity contribution in [2.45, 2.75) is 32.6 Å². The summed E-state index contributed by atoms with van der Waals surface area (Å²) in [6.07, 6.45) is 2.02. The van der Waals surface area contributed by atoms with Crippen molar-refractivity contribution in [1.29, 1.82) is 0 Å². The highest BCUT2D eigenvalue weighted by Crippen LogP contribution is 2.45. The van der Waals surface area contributed by atoms with E-state index in [1.54, 1.807) is 21.1 Å². The van der Waals surface area contributed by atoms with Gasteiger partial charge in [-0.15, -0.1) is 0 Å². The Morgan fingerprint density at radius 3 is 2.03 bits per heavy atom. The average molecular weight is 471 g/mol. The zero-order chi connectivity index (χ0) is 24.8. The van der Waals surface area contributed by atoms with Crippen LogP contribution >= 0.6 is 0 Å². The number of Topliss-reactive ketones (excluding diaryl/α,β-unsaturated/α-hetero) is 1. The highest BCUT2D eigenvalue weighted by atomic mass is 16.5. The molecular weight excluding hydrogens is 440 g/mol. The molecule has 4 aromatic carbocycles. The molecular formula is C30H30O5. The van der Waals surface area contributed by atoms with Gasteiger partial charge in [-0.05, 0) is 59.5 Å².